The zero-order chi connectivity index (χ0) is 11.4. The molecule has 2 saturated heterocycles. The van der Waals surface area contributed by atoms with E-state index in [9.17, 15) is 0 Å². The van der Waals surface area contributed by atoms with E-state index in [1.165, 1.54) is 45.3 Å². The van der Waals surface area contributed by atoms with E-state index >= 15 is 0 Å². The average molecular weight is 225 g/mol. The molecule has 0 bridgehead atoms. The quantitative estimate of drug-likeness (QED) is 0.757. The van der Waals surface area contributed by atoms with Crippen molar-refractivity contribution in [3.8, 4) is 0 Å². The van der Waals surface area contributed by atoms with Crippen molar-refractivity contribution in [2.75, 3.05) is 39.8 Å². The van der Waals surface area contributed by atoms with Gasteiger partial charge in [-0.05, 0) is 52.4 Å². The standard InChI is InChI=1S/C13H27N3/c1-3-15(2)10-7-14-12-6-9-16-8-4-5-13(16)11-12/h12-14H,3-11H2,1-2H3. The molecule has 0 spiro atoms. The van der Waals surface area contributed by atoms with Crippen molar-refractivity contribution < 1.29 is 0 Å². The normalized spacial score (nSPS) is 30.9. The highest BCUT2D eigenvalue weighted by Crippen LogP contribution is 2.26. The summed E-state index contributed by atoms with van der Waals surface area (Å²) in [6, 6.07) is 1.68. The number of rotatable bonds is 5. The SMILES string of the molecule is CCN(C)CCNC1CCN2CCCC2C1. The predicted molar refractivity (Wildman–Crippen MR) is 68.8 cm³/mol. The molecule has 0 aromatic heterocycles. The summed E-state index contributed by atoms with van der Waals surface area (Å²) in [6.45, 7) is 8.39. The van der Waals surface area contributed by atoms with Gasteiger partial charge in [-0.15, -0.1) is 0 Å². The van der Waals surface area contributed by atoms with Gasteiger partial charge < -0.3 is 15.1 Å². The summed E-state index contributed by atoms with van der Waals surface area (Å²) in [5.41, 5.74) is 0. The first-order chi connectivity index (χ1) is 7.79. The van der Waals surface area contributed by atoms with Crippen molar-refractivity contribution in [1.29, 1.82) is 0 Å². The Balaban J connectivity index is 1.63. The van der Waals surface area contributed by atoms with Gasteiger partial charge in [0.15, 0.2) is 0 Å². The van der Waals surface area contributed by atoms with Crippen molar-refractivity contribution in [3.63, 3.8) is 0 Å². The first kappa shape index (κ1) is 12.3. The molecule has 2 atom stereocenters. The molecular weight excluding hydrogens is 198 g/mol. The topological polar surface area (TPSA) is 18.5 Å². The molecule has 3 heteroatoms. The van der Waals surface area contributed by atoms with Gasteiger partial charge in [-0.1, -0.05) is 6.92 Å². The zero-order valence-electron chi connectivity index (χ0n) is 10.9. The van der Waals surface area contributed by atoms with E-state index in [1.807, 2.05) is 0 Å². The summed E-state index contributed by atoms with van der Waals surface area (Å²) < 4.78 is 0. The highest BCUT2D eigenvalue weighted by molar-refractivity contribution is 4.89. The molecule has 94 valence electrons. The minimum Gasteiger partial charge on any atom is -0.313 e. The van der Waals surface area contributed by atoms with Gasteiger partial charge >= 0.3 is 0 Å². The first-order valence-electron chi connectivity index (χ1n) is 6.95. The minimum absolute atomic E-state index is 0.782. The summed E-state index contributed by atoms with van der Waals surface area (Å²) in [5.74, 6) is 0. The third kappa shape index (κ3) is 3.19. The monoisotopic (exact) mass is 225 g/mol. The Morgan fingerprint density at radius 2 is 2.19 bits per heavy atom. The molecule has 0 amide bonds. The number of hydrogen-bond donors (Lipinski definition) is 1. The molecular formula is C13H27N3. The lowest BCUT2D eigenvalue weighted by Crippen LogP contribution is -2.47. The van der Waals surface area contributed by atoms with Crippen molar-refractivity contribution in [1.82, 2.24) is 15.1 Å². The molecule has 2 aliphatic rings. The lowest BCUT2D eigenvalue weighted by molar-refractivity contribution is 0.165. The predicted octanol–water partition coefficient (Wildman–Crippen LogP) is 1.15. The summed E-state index contributed by atoms with van der Waals surface area (Å²) >= 11 is 0. The van der Waals surface area contributed by atoms with Gasteiger partial charge in [0, 0.05) is 25.2 Å². The summed E-state index contributed by atoms with van der Waals surface area (Å²) in [5, 5.41) is 3.73. The van der Waals surface area contributed by atoms with Crippen LogP contribution in [-0.2, 0) is 0 Å². The number of nitrogens with one attached hydrogen (secondary N) is 1. The Morgan fingerprint density at radius 1 is 1.31 bits per heavy atom. The van der Waals surface area contributed by atoms with Crippen LogP contribution in [0.5, 0.6) is 0 Å². The maximum absolute atomic E-state index is 3.73. The van der Waals surface area contributed by atoms with Crippen LogP contribution in [0.2, 0.25) is 0 Å². The lowest BCUT2D eigenvalue weighted by Gasteiger charge is -2.35. The molecule has 2 unspecified atom stereocenters. The second-order valence-corrected chi connectivity index (χ2v) is 5.40. The van der Waals surface area contributed by atoms with E-state index < -0.39 is 0 Å². The van der Waals surface area contributed by atoms with Crippen LogP contribution in [0.25, 0.3) is 0 Å². The van der Waals surface area contributed by atoms with Crippen molar-refractivity contribution in [2.24, 2.45) is 0 Å². The molecule has 16 heavy (non-hydrogen) atoms. The Kier molecular flexibility index (Phi) is 4.62. The molecule has 2 aliphatic heterocycles. The molecule has 0 aromatic carbocycles. The third-order valence-corrected chi connectivity index (χ3v) is 4.29. The Hall–Kier alpha value is -0.120. The van der Waals surface area contributed by atoms with E-state index in [0.717, 1.165) is 25.2 Å². The van der Waals surface area contributed by atoms with Gasteiger partial charge in [0.2, 0.25) is 0 Å². The van der Waals surface area contributed by atoms with Crippen LogP contribution < -0.4 is 5.32 Å². The molecule has 3 nitrogen and oxygen atoms in total. The lowest BCUT2D eigenvalue weighted by atomic mass is 9.98. The first-order valence-corrected chi connectivity index (χ1v) is 6.95. The van der Waals surface area contributed by atoms with Gasteiger partial charge in [0.1, 0.15) is 0 Å². The Labute approximate surface area is 100 Å². The second-order valence-electron chi connectivity index (χ2n) is 5.40. The molecule has 2 rings (SSSR count). The molecule has 2 fully saturated rings. The largest absolute Gasteiger partial charge is 0.313 e. The molecule has 0 aliphatic carbocycles. The van der Waals surface area contributed by atoms with Crippen LogP contribution in [0.15, 0.2) is 0 Å². The molecule has 0 saturated carbocycles. The van der Waals surface area contributed by atoms with Crippen LogP contribution in [-0.4, -0.2) is 61.7 Å². The number of hydrogen-bond acceptors (Lipinski definition) is 3. The fourth-order valence-corrected chi connectivity index (χ4v) is 3.03. The van der Waals surface area contributed by atoms with Gasteiger partial charge in [-0.2, -0.15) is 0 Å². The molecule has 0 aromatic rings. The average Bonchev–Trinajstić information content (AvgIpc) is 2.76. The van der Waals surface area contributed by atoms with Crippen molar-refractivity contribution in [3.05, 3.63) is 0 Å². The summed E-state index contributed by atoms with van der Waals surface area (Å²) in [4.78, 5) is 5.06. The van der Waals surface area contributed by atoms with E-state index in [2.05, 4.69) is 29.1 Å². The number of nitrogens with zero attached hydrogens (tertiary/aromatic N) is 2. The Morgan fingerprint density at radius 3 is 3.00 bits per heavy atom. The van der Waals surface area contributed by atoms with Crippen LogP contribution in [0.4, 0.5) is 0 Å². The highest BCUT2D eigenvalue weighted by Gasteiger charge is 2.31. The molecule has 2 heterocycles. The zero-order valence-corrected chi connectivity index (χ0v) is 10.9. The van der Waals surface area contributed by atoms with Crippen LogP contribution in [0.1, 0.15) is 32.6 Å². The van der Waals surface area contributed by atoms with Crippen molar-refractivity contribution in [2.45, 2.75) is 44.7 Å². The van der Waals surface area contributed by atoms with Crippen LogP contribution >= 0.6 is 0 Å². The number of piperidine rings is 1. The maximum atomic E-state index is 3.73. The minimum atomic E-state index is 0.782. The van der Waals surface area contributed by atoms with E-state index in [-0.39, 0.29) is 0 Å². The smallest absolute Gasteiger partial charge is 0.0111 e. The van der Waals surface area contributed by atoms with E-state index in [0.29, 0.717) is 0 Å². The van der Waals surface area contributed by atoms with Crippen LogP contribution in [0, 0.1) is 0 Å². The summed E-state index contributed by atoms with van der Waals surface area (Å²) in [6.07, 6.45) is 5.60. The van der Waals surface area contributed by atoms with E-state index in [1.54, 1.807) is 0 Å². The molecule has 0 radical (unpaired) electrons. The fraction of sp³-hybridized carbons (Fsp3) is 1.00. The van der Waals surface area contributed by atoms with Gasteiger partial charge in [-0.3, -0.25) is 0 Å². The second kappa shape index (κ2) is 5.99. The third-order valence-electron chi connectivity index (χ3n) is 4.29. The summed E-state index contributed by atoms with van der Waals surface area (Å²) in [7, 11) is 2.20. The van der Waals surface area contributed by atoms with Gasteiger partial charge in [-0.25, -0.2) is 0 Å². The van der Waals surface area contributed by atoms with Gasteiger partial charge in [0.25, 0.3) is 0 Å². The highest BCUT2D eigenvalue weighted by atomic mass is 15.2. The number of fused-ring (bicyclic) bond motifs is 1. The van der Waals surface area contributed by atoms with E-state index in [4.69, 9.17) is 0 Å². The maximum Gasteiger partial charge on any atom is 0.0111 e. The van der Waals surface area contributed by atoms with Gasteiger partial charge in [0.05, 0.1) is 0 Å². The molecule has 1 N–H and O–H groups in total. The Bertz CT molecular complexity index is 207. The van der Waals surface area contributed by atoms with Crippen molar-refractivity contribution >= 4 is 0 Å². The number of likely N-dealkylation sites (N-methyl/N-ethyl adjacent to an activating group) is 1. The van der Waals surface area contributed by atoms with Crippen LogP contribution in [0.3, 0.4) is 0 Å². The fourth-order valence-electron chi connectivity index (χ4n) is 3.03.